The van der Waals surface area contributed by atoms with Gasteiger partial charge in [0.25, 0.3) is 0 Å². The average Bonchev–Trinajstić information content (AvgIpc) is 2.51. The van der Waals surface area contributed by atoms with Gasteiger partial charge in [-0.3, -0.25) is 0 Å². The zero-order valence-electron chi connectivity index (χ0n) is 11.8. The minimum Gasteiger partial charge on any atom is -0.457 e. The molecule has 0 unspecified atom stereocenters. The fourth-order valence-corrected chi connectivity index (χ4v) is 3.80. The van der Waals surface area contributed by atoms with Crippen molar-refractivity contribution >= 4 is 14.0 Å². The van der Waals surface area contributed by atoms with Gasteiger partial charge >= 0.3 is 8.80 Å². The molecular weight excluding hydrogens is 272 g/mol. The number of hydrogen-bond donors (Lipinski definition) is 0. The molecule has 2 aromatic carbocycles. The Balaban J connectivity index is 2.28. The van der Waals surface area contributed by atoms with E-state index in [-0.39, 0.29) is 0 Å². The van der Waals surface area contributed by atoms with E-state index in [1.54, 1.807) is 21.3 Å². The van der Waals surface area contributed by atoms with Crippen LogP contribution in [-0.4, -0.2) is 30.1 Å². The van der Waals surface area contributed by atoms with Gasteiger partial charge in [-0.05, 0) is 24.3 Å². The first-order valence-electron chi connectivity index (χ1n) is 6.23. The van der Waals surface area contributed by atoms with E-state index in [0.717, 1.165) is 16.7 Å². The van der Waals surface area contributed by atoms with Gasteiger partial charge in [-0.1, -0.05) is 30.3 Å². The van der Waals surface area contributed by atoms with Crippen molar-refractivity contribution in [3.63, 3.8) is 0 Å². The van der Waals surface area contributed by atoms with Crippen LogP contribution in [0.1, 0.15) is 0 Å². The molecule has 0 N–H and O–H groups in total. The van der Waals surface area contributed by atoms with Gasteiger partial charge in [-0.25, -0.2) is 0 Å². The summed E-state index contributed by atoms with van der Waals surface area (Å²) in [5.41, 5.74) is 0. The molecule has 0 bridgehead atoms. The van der Waals surface area contributed by atoms with Gasteiger partial charge in [0.05, 0.1) is 0 Å². The van der Waals surface area contributed by atoms with E-state index < -0.39 is 8.80 Å². The third-order valence-corrected chi connectivity index (χ3v) is 5.60. The maximum absolute atomic E-state index is 5.80. The Morgan fingerprint density at radius 3 is 1.90 bits per heavy atom. The molecule has 0 heterocycles. The van der Waals surface area contributed by atoms with Crippen molar-refractivity contribution in [2.45, 2.75) is 0 Å². The van der Waals surface area contributed by atoms with E-state index in [2.05, 4.69) is 0 Å². The molecule has 0 aliphatic carbocycles. The van der Waals surface area contributed by atoms with E-state index in [9.17, 15) is 0 Å². The molecule has 2 rings (SSSR count). The predicted molar refractivity (Wildman–Crippen MR) is 79.4 cm³/mol. The van der Waals surface area contributed by atoms with Crippen LogP contribution in [0.2, 0.25) is 0 Å². The minimum absolute atomic E-state index is 0.719. The van der Waals surface area contributed by atoms with Crippen LogP contribution in [0.15, 0.2) is 54.6 Å². The lowest BCUT2D eigenvalue weighted by Gasteiger charge is -2.24. The third-order valence-electron chi connectivity index (χ3n) is 2.97. The Kier molecular flexibility index (Phi) is 4.92. The quantitative estimate of drug-likeness (QED) is 0.766. The summed E-state index contributed by atoms with van der Waals surface area (Å²) in [6.07, 6.45) is 0. The number of benzene rings is 2. The standard InChI is InChI=1S/C15H18O4Si/c1-16-20(17-2,18-3)15-11-7-10-14(12-15)19-13-8-5-4-6-9-13/h4-12H,1-3H3. The lowest BCUT2D eigenvalue weighted by molar-refractivity contribution is 0.140. The molecule has 0 aromatic heterocycles. The van der Waals surface area contributed by atoms with Gasteiger partial charge in [0, 0.05) is 26.5 Å². The SMILES string of the molecule is CO[Si](OC)(OC)c1cccc(Oc2ccccc2)c1. The highest BCUT2D eigenvalue weighted by Gasteiger charge is 2.40. The second kappa shape index (κ2) is 6.67. The highest BCUT2D eigenvalue weighted by Crippen LogP contribution is 2.20. The van der Waals surface area contributed by atoms with E-state index in [4.69, 9.17) is 18.0 Å². The fraction of sp³-hybridized carbons (Fsp3) is 0.200. The van der Waals surface area contributed by atoms with Crippen LogP contribution < -0.4 is 9.92 Å². The van der Waals surface area contributed by atoms with E-state index in [1.165, 1.54) is 0 Å². The molecule has 0 saturated heterocycles. The highest BCUT2D eigenvalue weighted by molar-refractivity contribution is 6.75. The molecule has 0 spiro atoms. The first-order valence-corrected chi connectivity index (χ1v) is 7.95. The number of rotatable bonds is 6. The van der Waals surface area contributed by atoms with Gasteiger partial charge in [-0.15, -0.1) is 0 Å². The van der Waals surface area contributed by atoms with Crippen molar-refractivity contribution in [2.75, 3.05) is 21.3 Å². The summed E-state index contributed by atoms with van der Waals surface area (Å²) in [4.78, 5) is 0. The van der Waals surface area contributed by atoms with Gasteiger partial charge < -0.3 is 18.0 Å². The summed E-state index contributed by atoms with van der Waals surface area (Å²) in [6, 6.07) is 17.2. The summed E-state index contributed by atoms with van der Waals surface area (Å²) in [7, 11) is 1.94. The third kappa shape index (κ3) is 3.08. The summed E-state index contributed by atoms with van der Waals surface area (Å²) < 4.78 is 22.2. The molecule has 5 heteroatoms. The van der Waals surface area contributed by atoms with Gasteiger partial charge in [0.2, 0.25) is 0 Å². The molecule has 0 radical (unpaired) electrons. The molecule has 4 nitrogen and oxygen atoms in total. The topological polar surface area (TPSA) is 36.9 Å². The van der Waals surface area contributed by atoms with Crippen LogP contribution in [-0.2, 0) is 13.3 Å². The van der Waals surface area contributed by atoms with Crippen LogP contribution in [0, 0.1) is 0 Å². The van der Waals surface area contributed by atoms with Crippen molar-refractivity contribution in [1.29, 1.82) is 0 Å². The van der Waals surface area contributed by atoms with Crippen LogP contribution in [0.3, 0.4) is 0 Å². The van der Waals surface area contributed by atoms with E-state index in [1.807, 2.05) is 54.6 Å². The molecule has 20 heavy (non-hydrogen) atoms. The Labute approximate surface area is 120 Å². The zero-order chi connectivity index (χ0) is 14.4. The monoisotopic (exact) mass is 290 g/mol. The second-order valence-corrected chi connectivity index (χ2v) is 7.03. The van der Waals surface area contributed by atoms with E-state index in [0.29, 0.717) is 0 Å². The van der Waals surface area contributed by atoms with Crippen molar-refractivity contribution in [1.82, 2.24) is 0 Å². The maximum atomic E-state index is 5.80. The molecule has 0 saturated carbocycles. The van der Waals surface area contributed by atoms with Crippen LogP contribution in [0.4, 0.5) is 0 Å². The first kappa shape index (κ1) is 14.7. The number of hydrogen-bond acceptors (Lipinski definition) is 4. The summed E-state index contributed by atoms with van der Waals surface area (Å²) in [5.74, 6) is 1.50. The molecule has 0 aliphatic heterocycles. The predicted octanol–water partition coefficient (Wildman–Crippen LogP) is 2.56. The van der Waals surface area contributed by atoms with Crippen molar-refractivity contribution < 1.29 is 18.0 Å². The molecule has 106 valence electrons. The average molecular weight is 290 g/mol. The lowest BCUT2D eigenvalue weighted by Crippen LogP contribution is -2.54. The summed E-state index contributed by atoms with van der Waals surface area (Å²) in [6.45, 7) is 0. The Bertz CT molecular complexity index is 532. The highest BCUT2D eigenvalue weighted by atomic mass is 28.4. The molecule has 2 aromatic rings. The fourth-order valence-electron chi connectivity index (χ4n) is 1.98. The Morgan fingerprint density at radius 2 is 1.30 bits per heavy atom. The maximum Gasteiger partial charge on any atom is 0.536 e. The molecule has 0 fully saturated rings. The Morgan fingerprint density at radius 1 is 0.700 bits per heavy atom. The summed E-state index contributed by atoms with van der Waals surface area (Å²) >= 11 is 0. The smallest absolute Gasteiger partial charge is 0.457 e. The lowest BCUT2D eigenvalue weighted by atomic mass is 10.3. The normalized spacial score (nSPS) is 11.3. The largest absolute Gasteiger partial charge is 0.536 e. The minimum atomic E-state index is -2.82. The molecule has 0 aliphatic rings. The molecule has 0 amide bonds. The summed E-state index contributed by atoms with van der Waals surface area (Å²) in [5, 5.41) is 0.860. The van der Waals surface area contributed by atoms with Crippen molar-refractivity contribution in [2.24, 2.45) is 0 Å². The van der Waals surface area contributed by atoms with Crippen LogP contribution >= 0.6 is 0 Å². The number of para-hydroxylation sites is 1. The van der Waals surface area contributed by atoms with E-state index >= 15 is 0 Å². The first-order chi connectivity index (χ1) is 9.74. The van der Waals surface area contributed by atoms with Crippen molar-refractivity contribution in [3.05, 3.63) is 54.6 Å². The van der Waals surface area contributed by atoms with Gasteiger partial charge in [-0.2, -0.15) is 0 Å². The number of ether oxygens (including phenoxy) is 1. The van der Waals surface area contributed by atoms with Crippen LogP contribution in [0.5, 0.6) is 11.5 Å². The van der Waals surface area contributed by atoms with Gasteiger partial charge in [0.15, 0.2) is 0 Å². The zero-order valence-corrected chi connectivity index (χ0v) is 12.8. The van der Waals surface area contributed by atoms with Crippen LogP contribution in [0.25, 0.3) is 0 Å². The Hall–Kier alpha value is -1.66. The van der Waals surface area contributed by atoms with Crippen molar-refractivity contribution in [3.8, 4) is 11.5 Å². The second-order valence-electron chi connectivity index (χ2n) is 4.11. The molecule has 0 atom stereocenters. The molecular formula is C15H18O4Si. The van der Waals surface area contributed by atoms with Gasteiger partial charge in [0.1, 0.15) is 11.5 Å².